The second-order valence-electron chi connectivity index (χ2n) is 8.68. The number of ether oxygens (including phenoxy) is 2. The minimum Gasteiger partial charge on any atom is -0.496 e. The van der Waals surface area contributed by atoms with Crippen molar-refractivity contribution >= 4 is 21.6 Å². The van der Waals surface area contributed by atoms with Gasteiger partial charge < -0.3 is 14.8 Å². The first-order chi connectivity index (χ1) is 18.4. The topological polar surface area (TPSA) is 84.9 Å². The lowest BCUT2D eigenvalue weighted by Gasteiger charge is -2.25. The van der Waals surface area contributed by atoms with Crippen molar-refractivity contribution in [3.05, 3.63) is 120 Å². The smallest absolute Gasteiger partial charge is 0.264 e. The third-order valence-corrected chi connectivity index (χ3v) is 7.73. The number of methoxy groups -OCH3 is 1. The SMILES string of the molecule is COc1ccccc1CNC(=O)COc1ccc(N(Cc2ccccc2)S(=O)(=O)c2ccc(C)cc2)cc1. The lowest BCUT2D eigenvalue weighted by Crippen LogP contribution is -2.30. The standard InChI is InChI=1S/C30H30N2O5S/c1-23-12-18-28(19-13-23)38(34,35)32(21-24-8-4-3-5-9-24)26-14-16-27(17-15-26)37-22-30(33)31-20-25-10-6-7-11-29(25)36-2/h3-19H,20-22H2,1-2H3,(H,31,33). The maximum absolute atomic E-state index is 13.6. The van der Waals surface area contributed by atoms with Gasteiger partial charge in [-0.2, -0.15) is 0 Å². The van der Waals surface area contributed by atoms with Crippen molar-refractivity contribution in [2.45, 2.75) is 24.9 Å². The molecule has 0 heterocycles. The number of carbonyl (C=O) groups excluding carboxylic acids is 1. The van der Waals surface area contributed by atoms with Crippen molar-refractivity contribution in [1.29, 1.82) is 0 Å². The van der Waals surface area contributed by atoms with Crippen LogP contribution in [0.3, 0.4) is 0 Å². The Balaban J connectivity index is 1.45. The lowest BCUT2D eigenvalue weighted by molar-refractivity contribution is -0.123. The summed E-state index contributed by atoms with van der Waals surface area (Å²) in [4.78, 5) is 12.5. The molecular weight excluding hydrogens is 500 g/mol. The van der Waals surface area contributed by atoms with Crippen LogP contribution in [-0.4, -0.2) is 28.0 Å². The Morgan fingerprint density at radius 1 is 0.842 bits per heavy atom. The van der Waals surface area contributed by atoms with E-state index in [1.54, 1.807) is 55.6 Å². The first-order valence-corrected chi connectivity index (χ1v) is 13.6. The summed E-state index contributed by atoms with van der Waals surface area (Å²) in [5, 5.41) is 2.81. The van der Waals surface area contributed by atoms with Gasteiger partial charge in [0, 0.05) is 12.1 Å². The van der Waals surface area contributed by atoms with Crippen LogP contribution in [0.1, 0.15) is 16.7 Å². The van der Waals surface area contributed by atoms with E-state index < -0.39 is 10.0 Å². The van der Waals surface area contributed by atoms with E-state index in [4.69, 9.17) is 9.47 Å². The van der Waals surface area contributed by atoms with Gasteiger partial charge >= 0.3 is 0 Å². The molecule has 0 atom stereocenters. The summed E-state index contributed by atoms with van der Waals surface area (Å²) in [5.74, 6) is 0.867. The largest absolute Gasteiger partial charge is 0.496 e. The third kappa shape index (κ3) is 6.72. The summed E-state index contributed by atoms with van der Waals surface area (Å²) < 4.78 is 39.5. The summed E-state index contributed by atoms with van der Waals surface area (Å²) in [6.45, 7) is 2.22. The number of nitrogens with zero attached hydrogens (tertiary/aromatic N) is 1. The molecule has 0 bridgehead atoms. The molecule has 0 saturated heterocycles. The van der Waals surface area contributed by atoms with Crippen LogP contribution in [0.5, 0.6) is 11.5 Å². The van der Waals surface area contributed by atoms with Gasteiger partial charge in [0.15, 0.2) is 6.61 Å². The number of hydrogen-bond acceptors (Lipinski definition) is 5. The molecule has 7 nitrogen and oxygen atoms in total. The zero-order chi connectivity index (χ0) is 27.0. The van der Waals surface area contributed by atoms with Crippen molar-refractivity contribution in [3.63, 3.8) is 0 Å². The fourth-order valence-corrected chi connectivity index (χ4v) is 5.31. The molecule has 0 fully saturated rings. The molecule has 4 aromatic rings. The summed E-state index contributed by atoms with van der Waals surface area (Å²) >= 11 is 0. The molecular formula is C30H30N2O5S. The van der Waals surface area contributed by atoms with Crippen molar-refractivity contribution in [1.82, 2.24) is 5.32 Å². The van der Waals surface area contributed by atoms with Crippen LogP contribution >= 0.6 is 0 Å². The third-order valence-electron chi connectivity index (χ3n) is 5.94. The molecule has 4 aromatic carbocycles. The van der Waals surface area contributed by atoms with E-state index in [0.29, 0.717) is 23.7 Å². The highest BCUT2D eigenvalue weighted by molar-refractivity contribution is 7.92. The van der Waals surface area contributed by atoms with Gasteiger partial charge in [-0.15, -0.1) is 0 Å². The van der Waals surface area contributed by atoms with E-state index in [2.05, 4.69) is 5.32 Å². The van der Waals surface area contributed by atoms with Crippen LogP contribution in [0.15, 0.2) is 108 Å². The Kier molecular flexibility index (Phi) is 8.66. The van der Waals surface area contributed by atoms with Crippen molar-refractivity contribution < 1.29 is 22.7 Å². The quantitative estimate of drug-likeness (QED) is 0.292. The zero-order valence-electron chi connectivity index (χ0n) is 21.3. The number of nitrogens with one attached hydrogen (secondary N) is 1. The van der Waals surface area contributed by atoms with Gasteiger partial charge in [-0.1, -0.05) is 66.2 Å². The Morgan fingerprint density at radius 2 is 1.50 bits per heavy atom. The number of benzene rings is 4. The predicted molar refractivity (Wildman–Crippen MR) is 148 cm³/mol. The van der Waals surface area contributed by atoms with E-state index in [-0.39, 0.29) is 24.0 Å². The van der Waals surface area contributed by atoms with E-state index in [9.17, 15) is 13.2 Å². The minimum absolute atomic E-state index is 0.169. The Bertz CT molecular complexity index is 1460. The summed E-state index contributed by atoms with van der Waals surface area (Å²) in [5.41, 5.74) is 3.19. The summed E-state index contributed by atoms with van der Waals surface area (Å²) in [7, 11) is -2.25. The molecule has 196 valence electrons. The van der Waals surface area contributed by atoms with E-state index >= 15 is 0 Å². The molecule has 38 heavy (non-hydrogen) atoms. The lowest BCUT2D eigenvalue weighted by atomic mass is 10.2. The van der Waals surface area contributed by atoms with Crippen LogP contribution in [0.25, 0.3) is 0 Å². The summed E-state index contributed by atoms with van der Waals surface area (Å²) in [6, 6.07) is 30.3. The molecule has 0 unspecified atom stereocenters. The number of amides is 1. The van der Waals surface area contributed by atoms with Crippen LogP contribution in [0.2, 0.25) is 0 Å². The van der Waals surface area contributed by atoms with Gasteiger partial charge in [0.25, 0.3) is 15.9 Å². The van der Waals surface area contributed by atoms with Crippen molar-refractivity contribution in [2.24, 2.45) is 0 Å². The second kappa shape index (κ2) is 12.3. The Labute approximate surface area is 223 Å². The molecule has 1 amide bonds. The van der Waals surface area contributed by atoms with E-state index in [1.807, 2.05) is 61.5 Å². The summed E-state index contributed by atoms with van der Waals surface area (Å²) in [6.07, 6.45) is 0. The highest BCUT2D eigenvalue weighted by Crippen LogP contribution is 2.28. The van der Waals surface area contributed by atoms with Gasteiger partial charge in [-0.05, 0) is 55.0 Å². The molecule has 0 radical (unpaired) electrons. The Hall–Kier alpha value is -4.30. The average Bonchev–Trinajstić information content (AvgIpc) is 2.95. The Morgan fingerprint density at radius 3 is 2.18 bits per heavy atom. The molecule has 8 heteroatoms. The van der Waals surface area contributed by atoms with E-state index in [0.717, 1.165) is 16.7 Å². The van der Waals surface area contributed by atoms with Gasteiger partial charge in [-0.3, -0.25) is 9.10 Å². The first-order valence-electron chi connectivity index (χ1n) is 12.1. The van der Waals surface area contributed by atoms with Crippen molar-refractivity contribution in [2.75, 3.05) is 18.0 Å². The van der Waals surface area contributed by atoms with Crippen LogP contribution in [0.4, 0.5) is 5.69 Å². The number of para-hydroxylation sites is 1. The number of rotatable bonds is 11. The fraction of sp³-hybridized carbons (Fsp3) is 0.167. The molecule has 0 spiro atoms. The highest BCUT2D eigenvalue weighted by atomic mass is 32.2. The molecule has 0 aliphatic carbocycles. The second-order valence-corrected chi connectivity index (χ2v) is 10.5. The highest BCUT2D eigenvalue weighted by Gasteiger charge is 2.25. The predicted octanol–water partition coefficient (Wildman–Crippen LogP) is 5.09. The monoisotopic (exact) mass is 530 g/mol. The van der Waals surface area contributed by atoms with Gasteiger partial charge in [-0.25, -0.2) is 8.42 Å². The molecule has 1 N–H and O–H groups in total. The minimum atomic E-state index is -3.83. The normalized spacial score (nSPS) is 11.0. The molecule has 0 aromatic heterocycles. The zero-order valence-corrected chi connectivity index (χ0v) is 22.1. The maximum atomic E-state index is 13.6. The van der Waals surface area contributed by atoms with Crippen LogP contribution in [-0.2, 0) is 27.9 Å². The number of anilines is 1. The maximum Gasteiger partial charge on any atom is 0.264 e. The van der Waals surface area contributed by atoms with Gasteiger partial charge in [0.05, 0.1) is 24.2 Å². The number of carbonyl (C=O) groups is 1. The molecule has 0 aliphatic heterocycles. The molecule has 0 saturated carbocycles. The van der Waals surface area contributed by atoms with Crippen molar-refractivity contribution in [3.8, 4) is 11.5 Å². The van der Waals surface area contributed by atoms with Gasteiger partial charge in [0.2, 0.25) is 0 Å². The molecule has 0 aliphatic rings. The fourth-order valence-electron chi connectivity index (χ4n) is 3.85. The van der Waals surface area contributed by atoms with Crippen LogP contribution in [0, 0.1) is 6.92 Å². The van der Waals surface area contributed by atoms with Crippen LogP contribution < -0.4 is 19.1 Å². The average molecular weight is 531 g/mol. The number of hydrogen-bond donors (Lipinski definition) is 1. The number of aryl methyl sites for hydroxylation is 1. The number of sulfonamides is 1. The first kappa shape index (κ1) is 26.8. The van der Waals surface area contributed by atoms with E-state index in [1.165, 1.54) is 4.31 Å². The van der Waals surface area contributed by atoms with Gasteiger partial charge in [0.1, 0.15) is 11.5 Å². The molecule has 4 rings (SSSR count).